The van der Waals surface area contributed by atoms with Crippen molar-refractivity contribution in [2.75, 3.05) is 4.90 Å². The smallest absolute Gasteiger partial charge is 0.131 e. The van der Waals surface area contributed by atoms with Crippen molar-refractivity contribution in [1.82, 2.24) is 9.97 Å². The van der Waals surface area contributed by atoms with E-state index in [2.05, 4.69) is 189 Å². The molecule has 0 spiro atoms. The maximum Gasteiger partial charge on any atom is 0.131 e. The third-order valence-corrected chi connectivity index (χ3v) is 10.8. The van der Waals surface area contributed by atoms with Gasteiger partial charge in [-0.3, -0.25) is 4.98 Å². The Balaban J connectivity index is 0.00000567. The predicted octanol–water partition coefficient (Wildman–Crippen LogP) is 13.9. The first kappa shape index (κ1) is 42.3. The maximum atomic E-state index is 12.1. The number of benzene rings is 5. The number of phenolic OH excluding ortho intramolecular Hbond substituents is 1. The number of anilines is 2. The molecular formula is C53H54N3OPt-. The molecule has 58 heavy (non-hydrogen) atoms. The van der Waals surface area contributed by atoms with E-state index < -0.39 is 0 Å². The van der Waals surface area contributed by atoms with Crippen molar-refractivity contribution in [3.63, 3.8) is 0 Å². The zero-order valence-corrected chi connectivity index (χ0v) is 37.4. The summed E-state index contributed by atoms with van der Waals surface area (Å²) in [6, 6.07) is 52.9. The monoisotopic (exact) mass is 943 g/mol. The van der Waals surface area contributed by atoms with E-state index in [1.807, 2.05) is 30.5 Å². The van der Waals surface area contributed by atoms with Crippen LogP contribution in [0.5, 0.6) is 5.75 Å². The minimum absolute atomic E-state index is 0. The van der Waals surface area contributed by atoms with E-state index in [0.29, 0.717) is 5.69 Å². The second kappa shape index (κ2) is 17.3. The number of rotatable bonds is 9. The van der Waals surface area contributed by atoms with Crippen LogP contribution in [0, 0.1) is 6.07 Å². The molecule has 0 saturated heterocycles. The molecule has 7 aromatic rings. The first-order valence-corrected chi connectivity index (χ1v) is 20.1. The molecule has 1 N–H and O–H groups in total. The van der Waals surface area contributed by atoms with Crippen LogP contribution in [-0.4, -0.2) is 21.1 Å². The van der Waals surface area contributed by atoms with Gasteiger partial charge in [-0.25, -0.2) is 4.98 Å². The quantitative estimate of drug-likeness (QED) is 0.147. The Labute approximate surface area is 360 Å². The van der Waals surface area contributed by atoms with Gasteiger partial charge in [0.15, 0.2) is 0 Å². The third-order valence-electron chi connectivity index (χ3n) is 10.8. The van der Waals surface area contributed by atoms with E-state index in [0.717, 1.165) is 61.7 Å². The summed E-state index contributed by atoms with van der Waals surface area (Å²) in [4.78, 5) is 12.4. The third kappa shape index (κ3) is 9.19. The second-order valence-corrected chi connectivity index (χ2v) is 17.5. The van der Waals surface area contributed by atoms with Crippen LogP contribution in [-0.2, 0) is 31.9 Å². The molecule has 2 heterocycles. The van der Waals surface area contributed by atoms with E-state index in [4.69, 9.17) is 9.97 Å². The van der Waals surface area contributed by atoms with E-state index in [1.54, 1.807) is 0 Å². The van der Waals surface area contributed by atoms with Crippen molar-refractivity contribution in [2.24, 2.45) is 0 Å². The van der Waals surface area contributed by atoms with Crippen molar-refractivity contribution in [1.29, 1.82) is 0 Å². The number of aromatic hydroxyl groups is 1. The van der Waals surface area contributed by atoms with Crippen LogP contribution in [0.25, 0.3) is 44.8 Å². The average molecular weight is 944 g/mol. The Hall–Kier alpha value is -5.31. The molecule has 7 rings (SSSR count). The summed E-state index contributed by atoms with van der Waals surface area (Å²) in [6.07, 6.45) is 1.84. The molecule has 0 aliphatic rings. The van der Waals surface area contributed by atoms with Crippen LogP contribution in [0.2, 0.25) is 0 Å². The first-order valence-electron chi connectivity index (χ1n) is 20.1. The average Bonchev–Trinajstić information content (AvgIpc) is 3.20. The maximum absolute atomic E-state index is 12.1. The van der Waals surface area contributed by atoms with Gasteiger partial charge in [-0.2, -0.15) is 0 Å². The Kier molecular flexibility index (Phi) is 12.6. The first-order chi connectivity index (χ1) is 27.2. The fourth-order valence-electron chi connectivity index (χ4n) is 7.49. The van der Waals surface area contributed by atoms with Gasteiger partial charge in [-0.1, -0.05) is 157 Å². The van der Waals surface area contributed by atoms with E-state index in [-0.39, 0.29) is 49.6 Å². The van der Waals surface area contributed by atoms with Gasteiger partial charge in [0.2, 0.25) is 0 Å². The van der Waals surface area contributed by atoms with Crippen LogP contribution in [0.1, 0.15) is 90.5 Å². The van der Waals surface area contributed by atoms with Gasteiger partial charge in [-0.05, 0) is 93.7 Å². The van der Waals surface area contributed by atoms with E-state index in [1.165, 1.54) is 11.1 Å². The van der Waals surface area contributed by atoms with Crippen molar-refractivity contribution in [3.05, 3.63) is 174 Å². The number of hydrogen-bond donors (Lipinski definition) is 1. The van der Waals surface area contributed by atoms with Gasteiger partial charge in [0.25, 0.3) is 0 Å². The summed E-state index contributed by atoms with van der Waals surface area (Å²) in [5, 5.41) is 12.1. The molecule has 0 saturated carbocycles. The molecule has 298 valence electrons. The number of nitrogens with zero attached hydrogens (tertiary/aromatic N) is 3. The SMILES string of the molecule is CC(c1ccccc1)c1ccc(-c2cc(-c3cc(-c4ccccc4)cc(-c4cc(C(C)(C)C)cc(C(C)(C)C)c4O)n3)[c-]c(N(c3ccccn3)C(C)C)c2)cc1.[Pt]. The van der Waals surface area contributed by atoms with Crippen LogP contribution in [0.15, 0.2) is 146 Å². The molecule has 0 bridgehead atoms. The van der Waals surface area contributed by atoms with E-state index in [9.17, 15) is 5.11 Å². The molecule has 1 unspecified atom stereocenters. The van der Waals surface area contributed by atoms with Gasteiger partial charge in [0.1, 0.15) is 11.6 Å². The summed E-state index contributed by atoms with van der Waals surface area (Å²) in [5.41, 5.74) is 12.4. The number of aromatic nitrogens is 2. The summed E-state index contributed by atoms with van der Waals surface area (Å²) < 4.78 is 0. The zero-order chi connectivity index (χ0) is 40.5. The zero-order valence-electron chi connectivity index (χ0n) is 35.1. The summed E-state index contributed by atoms with van der Waals surface area (Å²) in [5.74, 6) is 1.39. The van der Waals surface area contributed by atoms with Gasteiger partial charge >= 0.3 is 0 Å². The van der Waals surface area contributed by atoms with Crippen LogP contribution in [0.3, 0.4) is 0 Å². The minimum Gasteiger partial charge on any atom is -0.507 e. The molecule has 0 amide bonds. The van der Waals surface area contributed by atoms with Gasteiger partial charge in [0, 0.05) is 50.3 Å². The number of hydrogen-bond acceptors (Lipinski definition) is 4. The Morgan fingerprint density at radius 2 is 1.17 bits per heavy atom. The Morgan fingerprint density at radius 3 is 1.78 bits per heavy atom. The predicted molar refractivity (Wildman–Crippen MR) is 239 cm³/mol. The fraction of sp³-hybridized carbons (Fsp3) is 0.245. The van der Waals surface area contributed by atoms with Crippen LogP contribution in [0.4, 0.5) is 11.5 Å². The summed E-state index contributed by atoms with van der Waals surface area (Å²) in [7, 11) is 0. The molecular weight excluding hydrogens is 890 g/mol. The molecule has 4 nitrogen and oxygen atoms in total. The molecule has 0 radical (unpaired) electrons. The summed E-state index contributed by atoms with van der Waals surface area (Å²) in [6.45, 7) is 19.7. The van der Waals surface area contributed by atoms with Gasteiger partial charge < -0.3 is 10.0 Å². The van der Waals surface area contributed by atoms with Crippen molar-refractivity contribution in [2.45, 2.75) is 85.1 Å². The molecule has 0 aliphatic carbocycles. The Morgan fingerprint density at radius 1 is 0.586 bits per heavy atom. The molecule has 0 aliphatic heterocycles. The molecule has 1 atom stereocenters. The number of phenols is 1. The van der Waals surface area contributed by atoms with E-state index >= 15 is 0 Å². The van der Waals surface area contributed by atoms with Crippen molar-refractivity contribution < 1.29 is 26.2 Å². The largest absolute Gasteiger partial charge is 0.507 e. The molecule has 5 heteroatoms. The second-order valence-electron chi connectivity index (χ2n) is 17.5. The summed E-state index contributed by atoms with van der Waals surface area (Å²) >= 11 is 0. The van der Waals surface area contributed by atoms with Crippen molar-refractivity contribution >= 4 is 11.5 Å². The van der Waals surface area contributed by atoms with Crippen LogP contribution >= 0.6 is 0 Å². The van der Waals surface area contributed by atoms with Crippen LogP contribution < -0.4 is 4.90 Å². The number of pyridine rings is 2. The topological polar surface area (TPSA) is 49.3 Å². The molecule has 5 aromatic carbocycles. The molecule has 2 aromatic heterocycles. The fourth-order valence-corrected chi connectivity index (χ4v) is 7.49. The normalized spacial score (nSPS) is 12.2. The minimum atomic E-state index is -0.281. The Bertz CT molecular complexity index is 2470. The van der Waals surface area contributed by atoms with Gasteiger partial charge in [-0.15, -0.1) is 23.8 Å². The molecule has 0 fully saturated rings. The standard InChI is InChI=1S/C53H54N3O.Pt/c1-35(2)56(50-22-16-17-27-54-50)45-29-41(40-25-23-38(24-26-40)36(3)37-18-12-10-13-19-37)28-43(30-45)48-31-42(39-20-14-11-15-21-39)32-49(55-48)46-33-44(52(4,5)6)34-47(51(46)57)53(7,8)9;/h10-29,31-36,57H,1-9H3;/q-1;. The van der Waals surface area contributed by atoms with Gasteiger partial charge in [0.05, 0.1) is 5.69 Å². The van der Waals surface area contributed by atoms with Crippen molar-refractivity contribution in [3.8, 4) is 50.5 Å².